The van der Waals surface area contributed by atoms with Crippen LogP contribution in [0.3, 0.4) is 0 Å². The molecule has 1 saturated carbocycles. The van der Waals surface area contributed by atoms with E-state index in [4.69, 9.17) is 4.74 Å². The van der Waals surface area contributed by atoms with E-state index in [0.29, 0.717) is 21.3 Å². The van der Waals surface area contributed by atoms with Crippen molar-refractivity contribution < 1.29 is 38.9 Å². The van der Waals surface area contributed by atoms with Crippen molar-refractivity contribution in [2.24, 2.45) is 23.7 Å². The Hall–Kier alpha value is -4.97. The molecule has 0 spiro atoms. The van der Waals surface area contributed by atoms with Crippen molar-refractivity contribution in [3.63, 3.8) is 0 Å². The lowest BCUT2D eigenvalue weighted by molar-refractivity contribution is -0.143. The van der Waals surface area contributed by atoms with E-state index in [2.05, 4.69) is 21.4 Å². The first-order valence-electron chi connectivity index (χ1n) is 16.1. The van der Waals surface area contributed by atoms with Gasteiger partial charge in [0, 0.05) is 12.5 Å². The number of aromatic hydroxyl groups is 1. The number of aryl methyl sites for hydroxylation is 1. The summed E-state index contributed by atoms with van der Waals surface area (Å²) in [7, 11) is 1.42. The molecule has 6 atom stereocenters. The average molecular weight is 729 g/mol. The summed E-state index contributed by atoms with van der Waals surface area (Å²) in [5.74, 6) is -6.86. The van der Waals surface area contributed by atoms with Crippen LogP contribution < -0.4 is 10.2 Å². The number of halogens is 1. The molecule has 3 aromatic rings. The van der Waals surface area contributed by atoms with Gasteiger partial charge in [-0.05, 0) is 77.0 Å². The van der Waals surface area contributed by atoms with Gasteiger partial charge in [-0.25, -0.2) is 0 Å². The summed E-state index contributed by atoms with van der Waals surface area (Å²) in [6.45, 7) is 1.70. The number of carboxylic acid groups (broad SMARTS) is 1. The fraction of sp³-hybridized carbons (Fsp3) is 0.324. The Kier molecular flexibility index (Phi) is 8.09. The Morgan fingerprint density at radius 3 is 2.39 bits per heavy atom. The number of phenolic OH excluding ortho intramolecular Hbond substituents is 1. The molecule has 3 fully saturated rings. The summed E-state index contributed by atoms with van der Waals surface area (Å²) in [5, 5.41) is 21.2. The maximum atomic E-state index is 15.2. The molecule has 0 radical (unpaired) electrons. The van der Waals surface area contributed by atoms with Crippen molar-refractivity contribution in [2.45, 2.75) is 37.5 Å². The van der Waals surface area contributed by atoms with Gasteiger partial charge in [-0.2, -0.15) is 5.01 Å². The van der Waals surface area contributed by atoms with E-state index in [1.54, 1.807) is 24.3 Å². The Balaban J connectivity index is 1.44. The number of anilines is 1. The summed E-state index contributed by atoms with van der Waals surface area (Å²) < 4.78 is 5.85. The Morgan fingerprint density at radius 1 is 1.00 bits per heavy atom. The van der Waals surface area contributed by atoms with Crippen molar-refractivity contribution >= 4 is 51.2 Å². The SMILES string of the molecule is COc1cc([C@H]2C3=CC[C@@H]4C(=O)N(CCC(=O)O)C(=O)[C@@H]4[C@@H]3C[C@H]3C(=O)N(Nc4ccc(C)cc4)C(=O)[C@@]23c2ccccc2)cc(Br)c1O. The number of amides is 4. The number of hydrazine groups is 1. The molecule has 2 aliphatic heterocycles. The van der Waals surface area contributed by atoms with Crippen LogP contribution in [0.1, 0.15) is 41.9 Å². The summed E-state index contributed by atoms with van der Waals surface area (Å²) in [4.78, 5) is 69.9. The number of hydrogen-bond donors (Lipinski definition) is 3. The second kappa shape index (κ2) is 12.2. The summed E-state index contributed by atoms with van der Waals surface area (Å²) in [5.41, 5.74) is 5.05. The Labute approximate surface area is 290 Å². The van der Waals surface area contributed by atoms with Crippen molar-refractivity contribution in [3.8, 4) is 11.5 Å². The van der Waals surface area contributed by atoms with Gasteiger partial charge in [0.2, 0.25) is 11.8 Å². The first kappa shape index (κ1) is 32.6. The predicted octanol–water partition coefficient (Wildman–Crippen LogP) is 4.93. The molecule has 4 amide bonds. The van der Waals surface area contributed by atoms with Crippen LogP contribution in [0, 0.1) is 30.6 Å². The molecule has 12 heteroatoms. The van der Waals surface area contributed by atoms with Crippen LogP contribution in [0.5, 0.6) is 11.5 Å². The number of likely N-dealkylation sites (tertiary alicyclic amines) is 1. The Morgan fingerprint density at radius 2 is 1.71 bits per heavy atom. The highest BCUT2D eigenvalue weighted by Gasteiger charge is 2.70. The molecule has 252 valence electrons. The molecule has 3 aromatic carbocycles. The number of phenols is 1. The number of rotatable bonds is 8. The monoisotopic (exact) mass is 727 g/mol. The number of carbonyl (C=O) groups is 5. The third kappa shape index (κ3) is 4.95. The van der Waals surface area contributed by atoms with E-state index < -0.39 is 64.6 Å². The van der Waals surface area contributed by atoms with Gasteiger partial charge in [0.1, 0.15) is 0 Å². The van der Waals surface area contributed by atoms with Crippen molar-refractivity contribution in [1.29, 1.82) is 0 Å². The molecule has 7 rings (SSSR count). The lowest BCUT2D eigenvalue weighted by Gasteiger charge is -2.50. The first-order valence-corrected chi connectivity index (χ1v) is 16.9. The van der Waals surface area contributed by atoms with Crippen molar-refractivity contribution in [1.82, 2.24) is 9.91 Å². The van der Waals surface area contributed by atoms with E-state index >= 15 is 4.79 Å². The van der Waals surface area contributed by atoms with Crippen LogP contribution in [0.15, 0.2) is 82.9 Å². The van der Waals surface area contributed by atoms with E-state index in [0.717, 1.165) is 21.0 Å². The normalized spacial score (nSPS) is 27.4. The number of carbonyl (C=O) groups excluding carboxylic acids is 4. The number of nitrogens with one attached hydrogen (secondary N) is 1. The van der Waals surface area contributed by atoms with Gasteiger partial charge in [-0.3, -0.25) is 34.3 Å². The zero-order valence-electron chi connectivity index (χ0n) is 26.8. The molecular weight excluding hydrogens is 694 g/mol. The largest absolute Gasteiger partial charge is 0.503 e. The standard InChI is InChI=1S/C37H34BrN3O8/c1-19-8-10-22(11-9-19)39-41-34(46)26-18-25-23(12-13-24-30(25)35(47)40(33(24)45)15-14-29(42)43)31(20-16-27(38)32(44)28(17-20)49-2)37(26,36(41)48)21-6-4-3-5-7-21/h3-12,16-17,24-26,30-31,39,44H,13-15,18H2,1-2H3,(H,42,43)/t24-,25+,26-,30-,31-,37+/m0/s1. The number of benzene rings is 3. The minimum Gasteiger partial charge on any atom is -0.503 e. The fourth-order valence-electron chi connectivity index (χ4n) is 8.53. The van der Waals surface area contributed by atoms with Crippen molar-refractivity contribution in [3.05, 3.63) is 99.5 Å². The molecule has 2 heterocycles. The average Bonchev–Trinajstić information content (AvgIpc) is 3.46. The van der Waals surface area contributed by atoms with Crippen LogP contribution in [-0.4, -0.2) is 63.4 Å². The van der Waals surface area contributed by atoms with Crippen LogP contribution >= 0.6 is 15.9 Å². The smallest absolute Gasteiger partial charge is 0.305 e. The van der Waals surface area contributed by atoms with E-state index in [1.807, 2.05) is 55.5 Å². The molecule has 3 N–H and O–H groups in total. The van der Waals surface area contributed by atoms with Gasteiger partial charge in [-0.1, -0.05) is 59.7 Å². The topological polar surface area (TPSA) is 154 Å². The number of nitrogens with zero attached hydrogens (tertiary/aromatic N) is 2. The van der Waals surface area contributed by atoms with E-state index in [1.165, 1.54) is 7.11 Å². The number of hydrogen-bond acceptors (Lipinski definition) is 8. The van der Waals surface area contributed by atoms with Gasteiger partial charge in [0.05, 0.1) is 46.9 Å². The highest BCUT2D eigenvalue weighted by Crippen LogP contribution is 2.64. The molecule has 4 aliphatic rings. The van der Waals surface area contributed by atoms with Crippen LogP contribution in [0.2, 0.25) is 0 Å². The summed E-state index contributed by atoms with van der Waals surface area (Å²) in [6.07, 6.45) is 1.86. The van der Waals surface area contributed by atoms with E-state index in [9.17, 15) is 29.4 Å². The fourth-order valence-corrected chi connectivity index (χ4v) is 8.99. The lowest BCUT2D eigenvalue weighted by atomic mass is 9.49. The highest BCUT2D eigenvalue weighted by molar-refractivity contribution is 9.10. The number of aliphatic carboxylic acids is 1. The minimum absolute atomic E-state index is 0.108. The minimum atomic E-state index is -1.48. The zero-order chi connectivity index (χ0) is 34.8. The number of fused-ring (bicyclic) bond motifs is 4. The van der Waals surface area contributed by atoms with Gasteiger partial charge in [0.15, 0.2) is 11.5 Å². The zero-order valence-corrected chi connectivity index (χ0v) is 28.3. The summed E-state index contributed by atoms with van der Waals surface area (Å²) in [6, 6.07) is 19.8. The molecular formula is C37H34BrN3O8. The van der Waals surface area contributed by atoms with Gasteiger partial charge < -0.3 is 14.9 Å². The second-order valence-corrected chi connectivity index (χ2v) is 14.0. The van der Waals surface area contributed by atoms with Crippen LogP contribution in [0.25, 0.3) is 0 Å². The number of ether oxygens (including phenoxy) is 1. The van der Waals surface area contributed by atoms with E-state index in [-0.39, 0.29) is 37.3 Å². The van der Waals surface area contributed by atoms with Crippen LogP contribution in [-0.2, 0) is 29.4 Å². The first-order chi connectivity index (χ1) is 23.5. The quantitative estimate of drug-likeness (QED) is 0.217. The van der Waals surface area contributed by atoms with Gasteiger partial charge in [-0.15, -0.1) is 0 Å². The number of allylic oxidation sites excluding steroid dienone is 2. The highest BCUT2D eigenvalue weighted by atomic mass is 79.9. The van der Waals surface area contributed by atoms with Crippen molar-refractivity contribution in [2.75, 3.05) is 19.1 Å². The third-order valence-electron chi connectivity index (χ3n) is 10.6. The molecule has 11 nitrogen and oxygen atoms in total. The second-order valence-electron chi connectivity index (χ2n) is 13.1. The molecule has 2 saturated heterocycles. The number of methoxy groups -OCH3 is 1. The molecule has 2 aliphatic carbocycles. The Bertz CT molecular complexity index is 1930. The predicted molar refractivity (Wildman–Crippen MR) is 180 cm³/mol. The van der Waals surface area contributed by atoms with Gasteiger partial charge in [0.25, 0.3) is 11.8 Å². The summed E-state index contributed by atoms with van der Waals surface area (Å²) >= 11 is 3.45. The third-order valence-corrected chi connectivity index (χ3v) is 11.2. The maximum absolute atomic E-state index is 15.2. The lowest BCUT2D eigenvalue weighted by Crippen LogP contribution is -2.53. The molecule has 0 unspecified atom stereocenters. The van der Waals surface area contributed by atoms with Crippen LogP contribution in [0.4, 0.5) is 5.69 Å². The molecule has 0 aromatic heterocycles. The maximum Gasteiger partial charge on any atom is 0.305 e. The van der Waals surface area contributed by atoms with Gasteiger partial charge >= 0.3 is 5.97 Å². The number of carboxylic acids is 1. The molecule has 49 heavy (non-hydrogen) atoms. The number of imide groups is 2. The molecule has 0 bridgehead atoms.